The van der Waals surface area contributed by atoms with E-state index in [2.05, 4.69) is 4.98 Å². The molecule has 0 radical (unpaired) electrons. The van der Waals surface area contributed by atoms with Crippen molar-refractivity contribution in [3.05, 3.63) is 50.3 Å². The van der Waals surface area contributed by atoms with Crippen LogP contribution in [0.5, 0.6) is 0 Å². The molecule has 2 aliphatic heterocycles. The van der Waals surface area contributed by atoms with Crippen LogP contribution in [0.2, 0.25) is 0 Å². The van der Waals surface area contributed by atoms with E-state index in [1.54, 1.807) is 4.90 Å². The molecule has 128 valence electrons. The molecular formula is C16H13N3O5S. The number of hydrogen-bond acceptors (Lipinski definition) is 7. The van der Waals surface area contributed by atoms with Gasteiger partial charge in [-0.25, -0.2) is 0 Å². The molecule has 4 rings (SSSR count). The molecule has 3 heterocycles. The van der Waals surface area contributed by atoms with Crippen LogP contribution >= 0.6 is 11.8 Å². The highest BCUT2D eigenvalue weighted by molar-refractivity contribution is 8.04. The number of fused-ring (bicyclic) bond motifs is 2. The predicted octanol–water partition coefficient (Wildman–Crippen LogP) is 1.55. The average Bonchev–Trinajstić information content (AvgIpc) is 3.28. The van der Waals surface area contributed by atoms with Gasteiger partial charge in [0.05, 0.1) is 27.2 Å². The zero-order valence-electron chi connectivity index (χ0n) is 13.0. The number of nitrogens with zero attached hydrogens (tertiary/aromatic N) is 3. The van der Waals surface area contributed by atoms with Gasteiger partial charge in [0.25, 0.3) is 5.91 Å². The largest absolute Gasteiger partial charge is 0.339 e. The minimum atomic E-state index is -0.894. The molecule has 3 aliphatic rings. The van der Waals surface area contributed by atoms with Gasteiger partial charge in [0.2, 0.25) is 0 Å². The molecule has 1 aromatic heterocycles. The molecule has 1 aliphatic carbocycles. The zero-order valence-corrected chi connectivity index (χ0v) is 13.8. The van der Waals surface area contributed by atoms with Crippen LogP contribution in [0, 0.1) is 16.0 Å². The van der Waals surface area contributed by atoms with E-state index >= 15 is 0 Å². The Kier molecular flexibility index (Phi) is 3.68. The quantitative estimate of drug-likeness (QED) is 0.582. The van der Waals surface area contributed by atoms with Crippen LogP contribution in [0.15, 0.2) is 23.4 Å². The maximum Gasteiger partial charge on any atom is 0.300 e. The molecule has 2 unspecified atom stereocenters. The van der Waals surface area contributed by atoms with Crippen LogP contribution in [0.4, 0.5) is 0 Å². The lowest BCUT2D eigenvalue weighted by Gasteiger charge is -2.25. The maximum absolute atomic E-state index is 12.9. The smallest absolute Gasteiger partial charge is 0.300 e. The lowest BCUT2D eigenvalue weighted by Crippen LogP contribution is -2.39. The fraction of sp³-hybridized carbons (Fsp3) is 0.375. The SMILES string of the molecule is O=C1c2nccc(C(=O)N3CCCC3)c2C(=O)C2SC([N+](=O)[O-])=CC12. The van der Waals surface area contributed by atoms with Crippen molar-refractivity contribution in [3.8, 4) is 0 Å². The Bertz CT molecular complexity index is 859. The molecule has 25 heavy (non-hydrogen) atoms. The number of thioether (sulfide) groups is 1. The molecule has 0 bridgehead atoms. The van der Waals surface area contributed by atoms with E-state index in [0.717, 1.165) is 24.6 Å². The van der Waals surface area contributed by atoms with Gasteiger partial charge in [0.15, 0.2) is 11.6 Å². The summed E-state index contributed by atoms with van der Waals surface area (Å²) in [5.74, 6) is -2.07. The molecule has 0 spiro atoms. The Morgan fingerprint density at radius 3 is 2.68 bits per heavy atom. The first kappa shape index (κ1) is 15.9. The van der Waals surface area contributed by atoms with Gasteiger partial charge in [-0.1, -0.05) is 0 Å². The maximum atomic E-state index is 12.9. The van der Waals surface area contributed by atoms with Crippen LogP contribution in [0.1, 0.15) is 44.0 Å². The molecule has 0 aromatic carbocycles. The monoisotopic (exact) mass is 359 g/mol. The number of ketones is 2. The molecule has 8 nitrogen and oxygen atoms in total. The molecule has 1 amide bonds. The van der Waals surface area contributed by atoms with Crippen molar-refractivity contribution in [2.24, 2.45) is 5.92 Å². The number of likely N-dealkylation sites (tertiary alicyclic amines) is 1. The molecule has 0 N–H and O–H groups in total. The summed E-state index contributed by atoms with van der Waals surface area (Å²) in [6, 6.07) is 1.45. The summed E-state index contributed by atoms with van der Waals surface area (Å²) in [6.07, 6.45) is 4.37. The van der Waals surface area contributed by atoms with E-state index < -0.39 is 27.7 Å². The van der Waals surface area contributed by atoms with Gasteiger partial charge in [-0.3, -0.25) is 29.5 Å². The van der Waals surface area contributed by atoms with Crippen molar-refractivity contribution in [1.82, 2.24) is 9.88 Å². The van der Waals surface area contributed by atoms with E-state index in [9.17, 15) is 24.5 Å². The molecule has 1 saturated heterocycles. The predicted molar refractivity (Wildman–Crippen MR) is 88.0 cm³/mol. The number of pyridine rings is 1. The van der Waals surface area contributed by atoms with Gasteiger partial charge in [0.1, 0.15) is 5.69 Å². The van der Waals surface area contributed by atoms with Gasteiger partial charge in [-0.05, 0) is 30.7 Å². The number of nitro groups is 1. The molecule has 2 atom stereocenters. The Labute approximate surface area is 146 Å². The summed E-state index contributed by atoms with van der Waals surface area (Å²) in [4.78, 5) is 54.4. The van der Waals surface area contributed by atoms with Crippen molar-refractivity contribution in [2.45, 2.75) is 18.1 Å². The molecule has 0 saturated carbocycles. The highest BCUT2D eigenvalue weighted by Gasteiger charge is 2.50. The van der Waals surface area contributed by atoms with Crippen molar-refractivity contribution in [3.63, 3.8) is 0 Å². The Hall–Kier alpha value is -2.55. The normalized spacial score (nSPS) is 24.8. The van der Waals surface area contributed by atoms with Gasteiger partial charge in [-0.2, -0.15) is 0 Å². The standard InChI is InChI=1S/C16H13N3O5S/c20-13-9-7-10(19(23)24)25-15(9)14(21)11-8(3-4-17-12(11)13)16(22)18-5-1-2-6-18/h3-4,7,9,15H,1-2,5-6H2. The van der Waals surface area contributed by atoms with Gasteiger partial charge in [-0.15, -0.1) is 0 Å². The molecular weight excluding hydrogens is 346 g/mol. The van der Waals surface area contributed by atoms with Crippen LogP contribution in [0.25, 0.3) is 0 Å². The second kappa shape index (κ2) is 5.76. The zero-order chi connectivity index (χ0) is 17.7. The van der Waals surface area contributed by atoms with Crippen LogP contribution < -0.4 is 0 Å². The number of allylic oxidation sites excluding steroid dienone is 1. The average molecular weight is 359 g/mol. The summed E-state index contributed by atoms with van der Waals surface area (Å²) >= 11 is 0.770. The van der Waals surface area contributed by atoms with E-state index in [-0.39, 0.29) is 27.8 Å². The number of Topliss-reactive ketones (excluding diaryl/α,β-unsaturated/α-hetero) is 2. The van der Waals surface area contributed by atoms with E-state index in [1.165, 1.54) is 18.3 Å². The lowest BCUT2D eigenvalue weighted by atomic mass is 9.82. The highest BCUT2D eigenvalue weighted by atomic mass is 32.2. The van der Waals surface area contributed by atoms with Gasteiger partial charge < -0.3 is 4.90 Å². The number of aromatic nitrogens is 1. The van der Waals surface area contributed by atoms with E-state index in [1.807, 2.05) is 0 Å². The third-order valence-corrected chi connectivity index (χ3v) is 5.98. The minimum Gasteiger partial charge on any atom is -0.339 e. The third-order valence-electron chi connectivity index (χ3n) is 4.69. The minimum absolute atomic E-state index is 0.0103. The van der Waals surface area contributed by atoms with Crippen LogP contribution in [-0.4, -0.2) is 50.6 Å². The highest BCUT2D eigenvalue weighted by Crippen LogP contribution is 2.44. The molecule has 1 aromatic rings. The Morgan fingerprint density at radius 2 is 2.00 bits per heavy atom. The summed E-state index contributed by atoms with van der Waals surface area (Å²) in [7, 11) is 0. The Morgan fingerprint density at radius 1 is 1.28 bits per heavy atom. The van der Waals surface area contributed by atoms with Crippen molar-refractivity contribution in [1.29, 1.82) is 0 Å². The lowest BCUT2D eigenvalue weighted by molar-refractivity contribution is -0.410. The number of rotatable bonds is 2. The van der Waals surface area contributed by atoms with Gasteiger partial charge in [0, 0.05) is 25.4 Å². The fourth-order valence-electron chi connectivity index (χ4n) is 3.48. The first-order valence-corrected chi connectivity index (χ1v) is 8.76. The molecule has 1 fully saturated rings. The second-order valence-electron chi connectivity index (χ2n) is 6.14. The number of amides is 1. The first-order valence-electron chi connectivity index (χ1n) is 7.88. The fourth-order valence-corrected chi connectivity index (χ4v) is 4.63. The third kappa shape index (κ3) is 2.38. The topological polar surface area (TPSA) is 110 Å². The van der Waals surface area contributed by atoms with Crippen molar-refractivity contribution >= 4 is 29.2 Å². The number of carbonyl (C=O) groups excluding carboxylic acids is 3. The second-order valence-corrected chi connectivity index (χ2v) is 7.30. The van der Waals surface area contributed by atoms with Crippen LogP contribution in [0.3, 0.4) is 0 Å². The number of carbonyl (C=O) groups is 3. The molecule has 9 heteroatoms. The summed E-state index contributed by atoms with van der Waals surface area (Å²) in [5, 5.41) is 9.89. The van der Waals surface area contributed by atoms with Crippen molar-refractivity contribution < 1.29 is 19.3 Å². The number of hydrogen-bond donors (Lipinski definition) is 0. The summed E-state index contributed by atoms with van der Waals surface area (Å²) in [5.41, 5.74) is 0.118. The van der Waals surface area contributed by atoms with Crippen molar-refractivity contribution in [2.75, 3.05) is 13.1 Å². The summed E-state index contributed by atoms with van der Waals surface area (Å²) in [6.45, 7) is 1.23. The van der Waals surface area contributed by atoms with Crippen LogP contribution in [-0.2, 0) is 0 Å². The Balaban J connectivity index is 1.78. The van der Waals surface area contributed by atoms with E-state index in [0.29, 0.717) is 13.1 Å². The van der Waals surface area contributed by atoms with Gasteiger partial charge >= 0.3 is 5.03 Å². The first-order chi connectivity index (χ1) is 12.0. The van der Waals surface area contributed by atoms with E-state index in [4.69, 9.17) is 0 Å². The summed E-state index contributed by atoms with van der Waals surface area (Å²) < 4.78 is 0.